The third kappa shape index (κ3) is 2.30. The lowest BCUT2D eigenvalue weighted by atomic mass is 10.2. The summed E-state index contributed by atoms with van der Waals surface area (Å²) in [5.74, 6) is -0.0960. The Labute approximate surface area is 110 Å². The van der Waals surface area contributed by atoms with Crippen molar-refractivity contribution in [2.75, 3.05) is 0 Å². The van der Waals surface area contributed by atoms with Gasteiger partial charge in [-0.25, -0.2) is 0 Å². The molecule has 17 heavy (non-hydrogen) atoms. The number of hydrogen-bond donors (Lipinski definition) is 1. The van der Waals surface area contributed by atoms with Crippen molar-refractivity contribution in [2.24, 2.45) is 0 Å². The summed E-state index contributed by atoms with van der Waals surface area (Å²) < 4.78 is 2.76. The largest absolute Gasteiger partial charge is 0.349 e. The second-order valence-corrected chi connectivity index (χ2v) is 5.64. The molecule has 3 nitrogen and oxygen atoms in total. The molecule has 2 heterocycles. The van der Waals surface area contributed by atoms with E-state index in [1.165, 1.54) is 23.1 Å². The predicted molar refractivity (Wildman–Crippen MR) is 75.9 cm³/mol. The third-order valence-electron chi connectivity index (χ3n) is 2.86. The zero-order valence-corrected chi connectivity index (χ0v) is 11.7. The van der Waals surface area contributed by atoms with E-state index in [1.807, 2.05) is 6.08 Å². The van der Waals surface area contributed by atoms with Crippen molar-refractivity contribution < 1.29 is 4.79 Å². The van der Waals surface area contributed by atoms with Gasteiger partial charge in [0.2, 0.25) is 0 Å². The van der Waals surface area contributed by atoms with Crippen LogP contribution in [0.5, 0.6) is 0 Å². The van der Waals surface area contributed by atoms with E-state index in [4.69, 9.17) is 12.2 Å². The Morgan fingerprint density at radius 3 is 2.71 bits per heavy atom. The minimum atomic E-state index is -0.0960. The highest BCUT2D eigenvalue weighted by atomic mass is 32.2. The number of thiocarbonyl (C=S) groups is 1. The fourth-order valence-corrected chi connectivity index (χ4v) is 3.06. The van der Waals surface area contributed by atoms with Gasteiger partial charge in [0, 0.05) is 17.9 Å². The molecule has 1 fully saturated rings. The van der Waals surface area contributed by atoms with Crippen LogP contribution in [0.1, 0.15) is 23.9 Å². The van der Waals surface area contributed by atoms with Crippen LogP contribution in [0.25, 0.3) is 6.08 Å². The van der Waals surface area contributed by atoms with Gasteiger partial charge in [-0.1, -0.05) is 24.0 Å². The van der Waals surface area contributed by atoms with Gasteiger partial charge >= 0.3 is 0 Å². The molecule has 90 valence electrons. The normalized spacial score (nSPS) is 17.9. The number of carbonyl (C=O) groups excluding carboxylic acids is 1. The molecule has 0 bridgehead atoms. The summed E-state index contributed by atoms with van der Waals surface area (Å²) in [6.45, 7) is 7.20. The van der Waals surface area contributed by atoms with Crippen LogP contribution < -0.4 is 5.32 Å². The van der Waals surface area contributed by atoms with Gasteiger partial charge in [-0.15, -0.1) is 0 Å². The lowest BCUT2D eigenvalue weighted by Crippen LogP contribution is -2.17. The highest BCUT2D eigenvalue weighted by Gasteiger charge is 2.22. The number of nitrogens with one attached hydrogen (secondary N) is 1. The number of thioether (sulfide) groups is 1. The topological polar surface area (TPSA) is 34.0 Å². The second-order valence-electron chi connectivity index (χ2n) is 3.92. The van der Waals surface area contributed by atoms with E-state index in [-0.39, 0.29) is 5.91 Å². The summed E-state index contributed by atoms with van der Waals surface area (Å²) >= 11 is 6.28. The summed E-state index contributed by atoms with van der Waals surface area (Å²) in [5.41, 5.74) is 3.48. The highest BCUT2D eigenvalue weighted by Crippen LogP contribution is 2.27. The molecule has 0 unspecified atom stereocenters. The Morgan fingerprint density at radius 1 is 1.53 bits per heavy atom. The van der Waals surface area contributed by atoms with Crippen molar-refractivity contribution in [3.8, 4) is 0 Å². The monoisotopic (exact) mass is 266 g/mol. The van der Waals surface area contributed by atoms with Crippen LogP contribution in [0.4, 0.5) is 0 Å². The smallest absolute Gasteiger partial charge is 0.263 e. The minimum absolute atomic E-state index is 0.0960. The van der Waals surface area contributed by atoms with Gasteiger partial charge in [-0.05, 0) is 38.5 Å². The first kappa shape index (κ1) is 12.4. The van der Waals surface area contributed by atoms with E-state index in [0.717, 1.165) is 12.1 Å². The van der Waals surface area contributed by atoms with Crippen LogP contribution in [-0.4, -0.2) is 14.8 Å². The molecule has 1 aliphatic rings. The molecule has 0 atom stereocenters. The van der Waals surface area contributed by atoms with Gasteiger partial charge < -0.3 is 9.88 Å². The molecule has 5 heteroatoms. The Hall–Kier alpha value is -1.07. The molecule has 1 saturated heterocycles. The molecule has 1 aromatic rings. The average Bonchev–Trinajstić information content (AvgIpc) is 2.69. The summed E-state index contributed by atoms with van der Waals surface area (Å²) in [7, 11) is 0. The Bertz CT molecular complexity index is 529. The number of aromatic nitrogens is 1. The van der Waals surface area contributed by atoms with Gasteiger partial charge in [-0.2, -0.15) is 0 Å². The number of aryl methyl sites for hydroxylation is 1. The third-order valence-corrected chi connectivity index (χ3v) is 4.02. The number of rotatable bonds is 2. The van der Waals surface area contributed by atoms with Gasteiger partial charge in [-0.3, -0.25) is 4.79 Å². The van der Waals surface area contributed by atoms with Crippen molar-refractivity contribution in [3.63, 3.8) is 0 Å². The molecule has 1 N–H and O–H groups in total. The lowest BCUT2D eigenvalue weighted by Gasteiger charge is -2.04. The fraction of sp³-hybridized carbons (Fsp3) is 0.333. The molecule has 0 saturated carbocycles. The first-order chi connectivity index (χ1) is 8.02. The first-order valence-corrected chi connectivity index (χ1v) is 6.67. The molecular weight excluding hydrogens is 252 g/mol. The molecule has 1 aromatic heterocycles. The molecule has 2 rings (SSSR count). The van der Waals surface area contributed by atoms with Crippen LogP contribution in [0.15, 0.2) is 11.0 Å². The summed E-state index contributed by atoms with van der Waals surface area (Å²) in [6.07, 6.45) is 1.91. The van der Waals surface area contributed by atoms with Gasteiger partial charge in [0.1, 0.15) is 4.32 Å². The lowest BCUT2D eigenvalue weighted by molar-refractivity contribution is -0.115. The molecule has 0 aliphatic carbocycles. The van der Waals surface area contributed by atoms with E-state index in [0.29, 0.717) is 9.23 Å². The number of nitrogens with zero attached hydrogens (tertiary/aromatic N) is 1. The van der Waals surface area contributed by atoms with Gasteiger partial charge in [0.15, 0.2) is 0 Å². The zero-order valence-electron chi connectivity index (χ0n) is 10.0. The van der Waals surface area contributed by atoms with Gasteiger partial charge in [0.25, 0.3) is 5.91 Å². The van der Waals surface area contributed by atoms with Crippen molar-refractivity contribution in [2.45, 2.75) is 27.3 Å². The Morgan fingerprint density at radius 2 is 2.24 bits per heavy atom. The quantitative estimate of drug-likeness (QED) is 0.660. The van der Waals surface area contributed by atoms with Crippen molar-refractivity contribution >= 4 is 40.3 Å². The van der Waals surface area contributed by atoms with Crippen molar-refractivity contribution in [3.05, 3.63) is 27.9 Å². The van der Waals surface area contributed by atoms with Crippen LogP contribution >= 0.6 is 24.0 Å². The summed E-state index contributed by atoms with van der Waals surface area (Å²) in [5, 5.41) is 2.62. The zero-order chi connectivity index (χ0) is 12.6. The van der Waals surface area contributed by atoms with E-state index in [2.05, 4.69) is 36.7 Å². The maximum Gasteiger partial charge on any atom is 0.263 e. The summed E-state index contributed by atoms with van der Waals surface area (Å²) in [6, 6.07) is 2.10. The molecule has 1 aliphatic heterocycles. The number of amides is 1. The molecular formula is C12H14N2OS2. The molecule has 0 radical (unpaired) electrons. The van der Waals surface area contributed by atoms with Crippen LogP contribution in [-0.2, 0) is 11.3 Å². The van der Waals surface area contributed by atoms with E-state index < -0.39 is 0 Å². The van der Waals surface area contributed by atoms with Gasteiger partial charge in [0.05, 0.1) is 4.91 Å². The predicted octanol–water partition coefficient (Wildman–Crippen LogP) is 2.61. The van der Waals surface area contributed by atoms with E-state index in [1.54, 1.807) is 0 Å². The number of hydrogen-bond acceptors (Lipinski definition) is 3. The maximum absolute atomic E-state index is 11.6. The Kier molecular flexibility index (Phi) is 3.40. The average molecular weight is 266 g/mol. The summed E-state index contributed by atoms with van der Waals surface area (Å²) in [4.78, 5) is 12.2. The van der Waals surface area contributed by atoms with Crippen LogP contribution in [0.3, 0.4) is 0 Å². The molecule has 0 spiro atoms. The van der Waals surface area contributed by atoms with Crippen LogP contribution in [0.2, 0.25) is 0 Å². The Balaban J connectivity index is 2.39. The van der Waals surface area contributed by atoms with Crippen LogP contribution in [0, 0.1) is 13.8 Å². The minimum Gasteiger partial charge on any atom is -0.349 e. The number of carbonyl (C=O) groups is 1. The van der Waals surface area contributed by atoms with Crippen molar-refractivity contribution in [1.82, 2.24) is 9.88 Å². The first-order valence-electron chi connectivity index (χ1n) is 5.44. The highest BCUT2D eigenvalue weighted by molar-refractivity contribution is 8.26. The standard InChI is InChI=1S/C12H14N2OS2/c1-4-14-7(2)5-9(8(14)3)6-10-11(15)13-12(16)17-10/h5-6H,4H2,1-3H3,(H,13,15,16). The fourth-order valence-electron chi connectivity index (χ4n) is 2.02. The molecule has 0 aromatic carbocycles. The van der Waals surface area contributed by atoms with Crippen molar-refractivity contribution in [1.29, 1.82) is 0 Å². The second kappa shape index (κ2) is 4.66. The molecule has 1 amide bonds. The maximum atomic E-state index is 11.6. The van der Waals surface area contributed by atoms with E-state index in [9.17, 15) is 4.79 Å². The SMILES string of the molecule is CCn1c(C)cc(C=C2SC(=S)NC2=O)c1C. The van der Waals surface area contributed by atoms with E-state index >= 15 is 0 Å².